The van der Waals surface area contributed by atoms with E-state index in [0.717, 1.165) is 17.7 Å². The molecule has 23 heavy (non-hydrogen) atoms. The van der Waals surface area contributed by atoms with E-state index in [1.165, 1.54) is 27.8 Å². The van der Waals surface area contributed by atoms with Crippen molar-refractivity contribution in [3.05, 3.63) is 82.4 Å². The molecule has 0 heterocycles. The highest BCUT2D eigenvalue weighted by molar-refractivity contribution is 5.91. The first-order valence-electron chi connectivity index (χ1n) is 7.98. The minimum atomic E-state index is 1.01. The molecule has 0 aromatic heterocycles. The summed E-state index contributed by atoms with van der Waals surface area (Å²) in [5.74, 6) is 0. The number of benzene rings is 2. The van der Waals surface area contributed by atoms with E-state index in [2.05, 4.69) is 67.7 Å². The molecule has 0 atom stereocenters. The number of allylic oxidation sites excluding steroid dienone is 4. The molecule has 2 nitrogen and oxygen atoms in total. The van der Waals surface area contributed by atoms with Gasteiger partial charge < -0.3 is 0 Å². The van der Waals surface area contributed by atoms with Crippen molar-refractivity contribution in [2.75, 3.05) is 5.43 Å². The van der Waals surface area contributed by atoms with Crippen molar-refractivity contribution < 1.29 is 0 Å². The van der Waals surface area contributed by atoms with Gasteiger partial charge in [0.1, 0.15) is 0 Å². The van der Waals surface area contributed by atoms with Crippen LogP contribution < -0.4 is 5.43 Å². The second-order valence-electron chi connectivity index (χ2n) is 5.97. The molecule has 1 aliphatic rings. The molecule has 0 bridgehead atoms. The Kier molecular flexibility index (Phi) is 4.42. The fraction of sp³-hybridized carbons (Fsp3) is 0.190. The van der Waals surface area contributed by atoms with Crippen molar-refractivity contribution in [2.24, 2.45) is 5.10 Å². The third-order valence-corrected chi connectivity index (χ3v) is 4.48. The summed E-state index contributed by atoms with van der Waals surface area (Å²) in [6.45, 7) is 6.46. The lowest BCUT2D eigenvalue weighted by Crippen LogP contribution is -1.96. The second kappa shape index (κ2) is 6.66. The standard InChI is InChI=1S/C21H22N2/c1-15-12-13-19(17(15)3)20-10-6-5-9-18(20)14-22-23-21-11-7-4-8-16(21)2/h4-12,14,23H,13H2,1-3H3/b22-14+. The molecule has 0 saturated carbocycles. The first-order valence-corrected chi connectivity index (χ1v) is 7.98. The lowest BCUT2D eigenvalue weighted by atomic mass is 9.96. The van der Waals surface area contributed by atoms with Gasteiger partial charge >= 0.3 is 0 Å². The molecule has 116 valence electrons. The highest BCUT2D eigenvalue weighted by Crippen LogP contribution is 2.34. The number of rotatable bonds is 4. The van der Waals surface area contributed by atoms with Gasteiger partial charge in [0, 0.05) is 5.56 Å². The summed E-state index contributed by atoms with van der Waals surface area (Å²) >= 11 is 0. The minimum absolute atomic E-state index is 1.01. The van der Waals surface area contributed by atoms with E-state index in [0.29, 0.717) is 0 Å². The summed E-state index contributed by atoms with van der Waals surface area (Å²) in [6, 6.07) is 16.6. The Morgan fingerprint density at radius 2 is 1.70 bits per heavy atom. The molecule has 2 aromatic carbocycles. The van der Waals surface area contributed by atoms with Gasteiger partial charge in [0.2, 0.25) is 0 Å². The zero-order valence-electron chi connectivity index (χ0n) is 13.9. The average Bonchev–Trinajstić information content (AvgIpc) is 2.89. The van der Waals surface area contributed by atoms with Crippen molar-refractivity contribution in [1.29, 1.82) is 0 Å². The van der Waals surface area contributed by atoms with Crippen LogP contribution in [0.3, 0.4) is 0 Å². The van der Waals surface area contributed by atoms with Gasteiger partial charge in [-0.1, -0.05) is 54.1 Å². The molecule has 1 N–H and O–H groups in total. The molecule has 0 unspecified atom stereocenters. The van der Waals surface area contributed by atoms with E-state index in [1.54, 1.807) is 0 Å². The zero-order valence-corrected chi connectivity index (χ0v) is 13.9. The molecular weight excluding hydrogens is 280 g/mol. The van der Waals surface area contributed by atoms with Crippen LogP contribution in [0.4, 0.5) is 5.69 Å². The molecule has 0 fully saturated rings. The summed E-state index contributed by atoms with van der Waals surface area (Å²) in [6.07, 6.45) is 5.22. The fourth-order valence-corrected chi connectivity index (χ4v) is 2.87. The van der Waals surface area contributed by atoms with Crippen LogP contribution in [0.1, 0.15) is 37.0 Å². The SMILES string of the molecule is CC1=CCC(c2ccccc2/C=N/Nc2ccccc2C)=C1C. The van der Waals surface area contributed by atoms with E-state index in [9.17, 15) is 0 Å². The maximum absolute atomic E-state index is 4.43. The largest absolute Gasteiger partial charge is 0.278 e. The smallest absolute Gasteiger partial charge is 0.0590 e. The molecular formula is C21H22N2. The fourth-order valence-electron chi connectivity index (χ4n) is 2.87. The van der Waals surface area contributed by atoms with Gasteiger partial charge in [-0.15, -0.1) is 0 Å². The normalized spacial score (nSPS) is 14.5. The molecule has 0 radical (unpaired) electrons. The number of hydrogen-bond acceptors (Lipinski definition) is 2. The number of nitrogens with zero attached hydrogens (tertiary/aromatic N) is 1. The number of hydrogen-bond donors (Lipinski definition) is 1. The number of hydrazone groups is 1. The Balaban J connectivity index is 1.85. The van der Waals surface area contributed by atoms with Crippen LogP contribution in [0.25, 0.3) is 5.57 Å². The van der Waals surface area contributed by atoms with Crippen molar-refractivity contribution in [2.45, 2.75) is 27.2 Å². The third kappa shape index (κ3) is 3.26. The molecule has 2 heteroatoms. The summed E-state index contributed by atoms with van der Waals surface area (Å²) in [5.41, 5.74) is 11.9. The zero-order chi connectivity index (χ0) is 16.2. The van der Waals surface area contributed by atoms with Gasteiger partial charge in [0.15, 0.2) is 0 Å². The highest BCUT2D eigenvalue weighted by atomic mass is 15.3. The van der Waals surface area contributed by atoms with E-state index >= 15 is 0 Å². The first-order chi connectivity index (χ1) is 11.2. The quantitative estimate of drug-likeness (QED) is 0.580. The lowest BCUT2D eigenvalue weighted by Gasteiger charge is -2.09. The number of para-hydroxylation sites is 1. The van der Waals surface area contributed by atoms with Gasteiger partial charge in [-0.25, -0.2) is 0 Å². The molecule has 2 aromatic rings. The Labute approximate surface area is 138 Å². The van der Waals surface area contributed by atoms with Crippen LogP contribution in [0.15, 0.2) is 70.9 Å². The maximum Gasteiger partial charge on any atom is 0.0590 e. The number of anilines is 1. The lowest BCUT2D eigenvalue weighted by molar-refractivity contribution is 1.31. The van der Waals surface area contributed by atoms with Crippen LogP contribution in [-0.2, 0) is 0 Å². The molecule has 0 spiro atoms. The monoisotopic (exact) mass is 302 g/mol. The van der Waals surface area contributed by atoms with Gasteiger partial charge in [-0.2, -0.15) is 5.10 Å². The second-order valence-corrected chi connectivity index (χ2v) is 5.97. The van der Waals surface area contributed by atoms with Crippen molar-refractivity contribution in [1.82, 2.24) is 0 Å². The van der Waals surface area contributed by atoms with E-state index in [1.807, 2.05) is 24.4 Å². The van der Waals surface area contributed by atoms with Crippen LogP contribution in [-0.4, -0.2) is 6.21 Å². The van der Waals surface area contributed by atoms with Crippen molar-refractivity contribution in [3.63, 3.8) is 0 Å². The van der Waals surface area contributed by atoms with Crippen LogP contribution >= 0.6 is 0 Å². The third-order valence-electron chi connectivity index (χ3n) is 4.48. The summed E-state index contributed by atoms with van der Waals surface area (Å²) in [4.78, 5) is 0. The summed E-state index contributed by atoms with van der Waals surface area (Å²) in [7, 11) is 0. The molecule has 0 aliphatic heterocycles. The number of aryl methyl sites for hydroxylation is 1. The van der Waals surface area contributed by atoms with Gasteiger partial charge in [0.25, 0.3) is 0 Å². The Morgan fingerprint density at radius 3 is 2.43 bits per heavy atom. The van der Waals surface area contributed by atoms with Crippen molar-refractivity contribution in [3.8, 4) is 0 Å². The topological polar surface area (TPSA) is 24.4 Å². The Bertz CT molecular complexity index is 810. The van der Waals surface area contributed by atoms with E-state index in [-0.39, 0.29) is 0 Å². The van der Waals surface area contributed by atoms with Crippen LogP contribution in [0.5, 0.6) is 0 Å². The van der Waals surface area contributed by atoms with E-state index < -0.39 is 0 Å². The Hall–Kier alpha value is -2.61. The van der Waals surface area contributed by atoms with Gasteiger partial charge in [-0.3, -0.25) is 5.43 Å². The summed E-state index contributed by atoms with van der Waals surface area (Å²) < 4.78 is 0. The minimum Gasteiger partial charge on any atom is -0.278 e. The predicted octanol–water partition coefficient (Wildman–Crippen LogP) is 5.56. The van der Waals surface area contributed by atoms with Crippen molar-refractivity contribution >= 4 is 17.5 Å². The Morgan fingerprint density at radius 1 is 0.957 bits per heavy atom. The predicted molar refractivity (Wildman–Crippen MR) is 99.8 cm³/mol. The molecule has 0 amide bonds. The van der Waals surface area contributed by atoms with E-state index in [4.69, 9.17) is 0 Å². The highest BCUT2D eigenvalue weighted by Gasteiger charge is 2.14. The first kappa shape index (κ1) is 15.3. The molecule has 3 rings (SSSR count). The average molecular weight is 302 g/mol. The van der Waals surface area contributed by atoms with Gasteiger partial charge in [0.05, 0.1) is 11.9 Å². The van der Waals surface area contributed by atoms with Gasteiger partial charge in [-0.05, 0) is 55.5 Å². The molecule has 1 aliphatic carbocycles. The number of nitrogens with one attached hydrogen (secondary N) is 1. The van der Waals surface area contributed by atoms with Crippen LogP contribution in [0, 0.1) is 6.92 Å². The maximum atomic E-state index is 4.43. The molecule has 0 saturated heterocycles. The van der Waals surface area contributed by atoms with Crippen LogP contribution in [0.2, 0.25) is 0 Å². The summed E-state index contributed by atoms with van der Waals surface area (Å²) in [5, 5.41) is 4.43.